The summed E-state index contributed by atoms with van der Waals surface area (Å²) in [6.45, 7) is 9.76. The largest absolute Gasteiger partial charge is 0.507 e. The first-order valence-corrected chi connectivity index (χ1v) is 13.8. The summed E-state index contributed by atoms with van der Waals surface area (Å²) < 4.78 is 0. The smallest absolute Gasteiger partial charge is 0.124 e. The van der Waals surface area contributed by atoms with E-state index in [0.29, 0.717) is 37.7 Å². The van der Waals surface area contributed by atoms with E-state index in [1.165, 1.54) is 0 Å². The van der Waals surface area contributed by atoms with E-state index in [2.05, 4.69) is 54.0 Å². The second-order valence-electron chi connectivity index (χ2n) is 10.7. The van der Waals surface area contributed by atoms with Gasteiger partial charge in [0.25, 0.3) is 0 Å². The molecule has 38 heavy (non-hydrogen) atoms. The molecule has 3 aromatic rings. The Labute approximate surface area is 227 Å². The standard InChI is InChI=1S/C31H43N5O2/c1-22-14-24(18-32)30(37)26(16-22)20-35-10-3-4-11-36(13-9-29-7-5-6-28(34-29)8-12-35)21-27-17-23(2)15-25(19-33)31(27)38/h5-7,14-17,37-38H,3-4,8-13,18-21,32-33H2,1-2H3. The molecule has 0 amide bonds. The first-order chi connectivity index (χ1) is 18.4. The van der Waals surface area contributed by atoms with Crippen molar-refractivity contribution in [1.29, 1.82) is 0 Å². The molecule has 1 aromatic heterocycles. The molecule has 2 heterocycles. The molecule has 204 valence electrons. The van der Waals surface area contributed by atoms with Crippen LogP contribution < -0.4 is 11.5 Å². The molecule has 0 aliphatic carbocycles. The van der Waals surface area contributed by atoms with Gasteiger partial charge in [-0.25, -0.2) is 0 Å². The maximum absolute atomic E-state index is 10.8. The summed E-state index contributed by atoms with van der Waals surface area (Å²) >= 11 is 0. The molecule has 0 saturated carbocycles. The number of aromatic hydroxyl groups is 2. The van der Waals surface area contributed by atoms with Crippen LogP contribution >= 0.6 is 0 Å². The Balaban J connectivity index is 1.52. The zero-order valence-corrected chi connectivity index (χ0v) is 22.9. The number of aromatic nitrogens is 1. The molecule has 2 aromatic carbocycles. The minimum atomic E-state index is 0.321. The fourth-order valence-electron chi connectivity index (χ4n) is 5.47. The van der Waals surface area contributed by atoms with Crippen LogP contribution in [-0.4, -0.2) is 51.2 Å². The Hall–Kier alpha value is -2.97. The van der Waals surface area contributed by atoms with Crippen LogP contribution in [0.1, 0.15) is 57.6 Å². The van der Waals surface area contributed by atoms with Gasteiger partial charge in [0.15, 0.2) is 0 Å². The lowest BCUT2D eigenvalue weighted by molar-refractivity contribution is 0.232. The van der Waals surface area contributed by atoms with E-state index in [9.17, 15) is 10.2 Å². The van der Waals surface area contributed by atoms with Crippen molar-refractivity contribution in [3.63, 3.8) is 0 Å². The van der Waals surface area contributed by atoms with Gasteiger partial charge in [0.2, 0.25) is 0 Å². The quantitative estimate of drug-likeness (QED) is 0.392. The lowest BCUT2D eigenvalue weighted by Gasteiger charge is -2.25. The molecule has 1 aliphatic rings. The van der Waals surface area contributed by atoms with Gasteiger partial charge in [0, 0.05) is 85.8 Å². The van der Waals surface area contributed by atoms with Gasteiger partial charge in [-0.05, 0) is 51.9 Å². The Kier molecular flexibility index (Phi) is 9.74. The average Bonchev–Trinajstić information content (AvgIpc) is 2.92. The van der Waals surface area contributed by atoms with Crippen molar-refractivity contribution < 1.29 is 10.2 Å². The van der Waals surface area contributed by atoms with Crippen LogP contribution in [0.2, 0.25) is 0 Å². The number of pyridine rings is 1. The lowest BCUT2D eigenvalue weighted by Crippen LogP contribution is -2.29. The molecule has 0 spiro atoms. The first kappa shape index (κ1) is 28.0. The van der Waals surface area contributed by atoms with E-state index in [1.54, 1.807) is 0 Å². The maximum Gasteiger partial charge on any atom is 0.124 e. The highest BCUT2D eigenvalue weighted by molar-refractivity contribution is 5.44. The number of nitrogens with zero attached hydrogens (tertiary/aromatic N) is 3. The fraction of sp³-hybridized carbons (Fsp3) is 0.452. The molecule has 7 nitrogen and oxygen atoms in total. The van der Waals surface area contributed by atoms with Gasteiger partial charge < -0.3 is 21.7 Å². The summed E-state index contributed by atoms with van der Waals surface area (Å²) in [6, 6.07) is 14.4. The molecule has 0 unspecified atom stereocenters. The molecule has 4 rings (SSSR count). The molecule has 1 aliphatic heterocycles. The van der Waals surface area contributed by atoms with Crippen LogP contribution in [0.5, 0.6) is 11.5 Å². The Bertz CT molecular complexity index is 1140. The SMILES string of the molecule is Cc1cc(CN)c(O)c(CN2CCCCN(Cc3cc(C)cc(CN)c3O)CCc3cccc(n3)CC2)c1. The minimum Gasteiger partial charge on any atom is -0.507 e. The summed E-state index contributed by atoms with van der Waals surface area (Å²) in [6.07, 6.45) is 3.83. The molecule has 0 saturated heterocycles. The molecule has 0 atom stereocenters. The number of phenolic OH excluding ortho intramolecular Hbond substituents is 2. The van der Waals surface area contributed by atoms with Crippen LogP contribution in [0.15, 0.2) is 42.5 Å². The van der Waals surface area contributed by atoms with E-state index in [1.807, 2.05) is 12.1 Å². The first-order valence-electron chi connectivity index (χ1n) is 13.8. The zero-order valence-electron chi connectivity index (χ0n) is 22.9. The summed E-state index contributed by atoms with van der Waals surface area (Å²) in [5.41, 5.74) is 19.7. The van der Waals surface area contributed by atoms with Gasteiger partial charge in [-0.3, -0.25) is 14.8 Å². The van der Waals surface area contributed by atoms with Gasteiger partial charge in [-0.2, -0.15) is 0 Å². The molecular weight excluding hydrogens is 474 g/mol. The summed E-state index contributed by atoms with van der Waals surface area (Å²) in [7, 11) is 0. The second kappa shape index (κ2) is 13.2. The van der Waals surface area contributed by atoms with E-state index in [-0.39, 0.29) is 0 Å². The third-order valence-electron chi connectivity index (χ3n) is 7.48. The Morgan fingerprint density at radius 3 is 1.53 bits per heavy atom. The predicted molar refractivity (Wildman–Crippen MR) is 153 cm³/mol. The van der Waals surface area contributed by atoms with Crippen molar-refractivity contribution in [1.82, 2.24) is 14.8 Å². The van der Waals surface area contributed by atoms with Crippen LogP contribution in [0.3, 0.4) is 0 Å². The number of hydrogen-bond donors (Lipinski definition) is 4. The van der Waals surface area contributed by atoms with Crippen molar-refractivity contribution in [3.05, 3.63) is 87.2 Å². The maximum atomic E-state index is 10.8. The molecule has 0 fully saturated rings. The number of aryl methyl sites for hydroxylation is 2. The van der Waals surface area contributed by atoms with Gasteiger partial charge in [-0.15, -0.1) is 0 Å². The highest BCUT2D eigenvalue weighted by atomic mass is 16.3. The highest BCUT2D eigenvalue weighted by Gasteiger charge is 2.16. The monoisotopic (exact) mass is 517 g/mol. The van der Waals surface area contributed by atoms with Crippen LogP contribution in [0.25, 0.3) is 0 Å². The van der Waals surface area contributed by atoms with Crippen molar-refractivity contribution in [2.75, 3.05) is 26.2 Å². The average molecular weight is 518 g/mol. The Morgan fingerprint density at radius 2 is 1.11 bits per heavy atom. The predicted octanol–water partition coefficient (Wildman–Crippen LogP) is 3.91. The van der Waals surface area contributed by atoms with Crippen molar-refractivity contribution >= 4 is 0 Å². The summed E-state index contributed by atoms with van der Waals surface area (Å²) in [5.74, 6) is 0.643. The van der Waals surface area contributed by atoms with Gasteiger partial charge in [0.1, 0.15) is 11.5 Å². The van der Waals surface area contributed by atoms with E-state index < -0.39 is 0 Å². The number of benzene rings is 2. The third kappa shape index (κ3) is 7.32. The third-order valence-corrected chi connectivity index (χ3v) is 7.48. The van der Waals surface area contributed by atoms with E-state index in [4.69, 9.17) is 16.5 Å². The van der Waals surface area contributed by atoms with Crippen molar-refractivity contribution in [2.24, 2.45) is 11.5 Å². The molecule has 0 radical (unpaired) electrons. The minimum absolute atomic E-state index is 0.321. The number of rotatable bonds is 6. The van der Waals surface area contributed by atoms with Crippen molar-refractivity contribution in [2.45, 2.75) is 65.7 Å². The van der Waals surface area contributed by atoms with E-state index >= 15 is 0 Å². The molecule has 6 N–H and O–H groups in total. The summed E-state index contributed by atoms with van der Waals surface area (Å²) in [4.78, 5) is 9.80. The zero-order chi connectivity index (χ0) is 27.1. The number of fused-ring (bicyclic) bond motifs is 2. The second-order valence-corrected chi connectivity index (χ2v) is 10.7. The molecular formula is C31H43N5O2. The Morgan fingerprint density at radius 1 is 0.684 bits per heavy atom. The lowest BCUT2D eigenvalue weighted by atomic mass is 10.0. The van der Waals surface area contributed by atoms with Gasteiger partial charge in [0.05, 0.1) is 0 Å². The number of nitrogens with two attached hydrogens (primary N) is 2. The highest BCUT2D eigenvalue weighted by Crippen LogP contribution is 2.27. The molecule has 7 heteroatoms. The van der Waals surface area contributed by atoms with Gasteiger partial charge >= 0.3 is 0 Å². The summed E-state index contributed by atoms with van der Waals surface area (Å²) in [5, 5.41) is 21.6. The van der Waals surface area contributed by atoms with Crippen molar-refractivity contribution in [3.8, 4) is 11.5 Å². The van der Waals surface area contributed by atoms with Crippen LogP contribution in [0.4, 0.5) is 0 Å². The molecule has 2 bridgehead atoms. The fourth-order valence-corrected chi connectivity index (χ4v) is 5.47. The van der Waals surface area contributed by atoms with Gasteiger partial charge in [-0.1, -0.05) is 41.5 Å². The van der Waals surface area contributed by atoms with Crippen LogP contribution in [-0.2, 0) is 39.0 Å². The normalized spacial score (nSPS) is 16.0. The van der Waals surface area contributed by atoms with E-state index in [0.717, 1.165) is 96.6 Å². The number of hydrogen-bond acceptors (Lipinski definition) is 7. The number of phenols is 2. The topological polar surface area (TPSA) is 112 Å². The van der Waals surface area contributed by atoms with Crippen LogP contribution in [0, 0.1) is 13.8 Å².